The highest BCUT2D eigenvalue weighted by molar-refractivity contribution is 6.00. The van der Waals surface area contributed by atoms with Crippen LogP contribution < -0.4 is 10.5 Å². The van der Waals surface area contributed by atoms with Crippen molar-refractivity contribution in [2.24, 2.45) is 11.7 Å². The molecule has 1 aliphatic rings. The molecule has 3 aromatic rings. The Morgan fingerprint density at radius 1 is 1.21 bits per heavy atom. The maximum absolute atomic E-state index is 13.3. The van der Waals surface area contributed by atoms with Gasteiger partial charge < -0.3 is 15.4 Å². The monoisotopic (exact) mass is 376 g/mol. The number of methoxy groups -OCH3 is 1. The van der Waals surface area contributed by atoms with Crippen LogP contribution in [0.25, 0.3) is 16.9 Å². The second-order valence-electron chi connectivity index (χ2n) is 7.05. The molecule has 2 aromatic carbocycles. The van der Waals surface area contributed by atoms with Gasteiger partial charge in [0.2, 0.25) is 0 Å². The third-order valence-corrected chi connectivity index (χ3v) is 5.21. The van der Waals surface area contributed by atoms with Crippen LogP contribution in [0.3, 0.4) is 0 Å². The maximum atomic E-state index is 13.3. The van der Waals surface area contributed by atoms with Gasteiger partial charge in [-0.3, -0.25) is 4.79 Å². The van der Waals surface area contributed by atoms with E-state index in [0.717, 1.165) is 30.0 Å². The molecule has 0 radical (unpaired) electrons. The Morgan fingerprint density at radius 3 is 2.75 bits per heavy atom. The van der Waals surface area contributed by atoms with Crippen molar-refractivity contribution in [2.75, 3.05) is 26.7 Å². The molecule has 144 valence electrons. The smallest absolute Gasteiger partial charge is 0.257 e. The van der Waals surface area contributed by atoms with Gasteiger partial charge in [0.05, 0.1) is 18.4 Å². The number of benzene rings is 2. The summed E-state index contributed by atoms with van der Waals surface area (Å²) >= 11 is 0. The van der Waals surface area contributed by atoms with Crippen molar-refractivity contribution < 1.29 is 9.53 Å². The summed E-state index contributed by atoms with van der Waals surface area (Å²) in [6.45, 7) is 2.04. The number of aromatic nitrogens is 2. The third-order valence-electron chi connectivity index (χ3n) is 5.21. The first-order valence-electron chi connectivity index (χ1n) is 9.48. The number of amides is 1. The van der Waals surface area contributed by atoms with Gasteiger partial charge in [-0.2, -0.15) is 5.10 Å². The standard InChI is InChI=1S/C22H24N4O2/c1-28-19-9-5-6-17(12-19)21-20(22(27)25-11-10-16(13-23)14-25)15-26(24-21)18-7-3-2-4-8-18/h2-9,12,15-16H,10-11,13-14,23H2,1H3. The number of hydrogen-bond acceptors (Lipinski definition) is 4. The molecule has 1 unspecified atom stereocenters. The summed E-state index contributed by atoms with van der Waals surface area (Å²) in [7, 11) is 1.63. The van der Waals surface area contributed by atoms with Gasteiger partial charge in [0, 0.05) is 24.8 Å². The zero-order valence-corrected chi connectivity index (χ0v) is 15.9. The minimum absolute atomic E-state index is 0.00375. The van der Waals surface area contributed by atoms with Gasteiger partial charge in [-0.05, 0) is 43.1 Å². The molecule has 0 bridgehead atoms. The van der Waals surface area contributed by atoms with Crippen molar-refractivity contribution in [1.29, 1.82) is 0 Å². The molecule has 1 aliphatic heterocycles. The molecule has 0 spiro atoms. The van der Waals surface area contributed by atoms with Gasteiger partial charge >= 0.3 is 0 Å². The summed E-state index contributed by atoms with van der Waals surface area (Å²) in [6.07, 6.45) is 2.77. The molecule has 6 nitrogen and oxygen atoms in total. The van der Waals surface area contributed by atoms with Gasteiger partial charge in [0.1, 0.15) is 11.4 Å². The van der Waals surface area contributed by atoms with E-state index >= 15 is 0 Å². The van der Waals surface area contributed by atoms with E-state index in [4.69, 9.17) is 15.6 Å². The summed E-state index contributed by atoms with van der Waals surface area (Å²) in [5, 5.41) is 4.75. The Kier molecular flexibility index (Phi) is 5.12. The SMILES string of the molecule is COc1cccc(-c2nn(-c3ccccc3)cc2C(=O)N2CCC(CN)C2)c1. The van der Waals surface area contributed by atoms with Crippen LogP contribution in [0, 0.1) is 5.92 Å². The van der Waals surface area contributed by atoms with E-state index in [2.05, 4.69) is 0 Å². The van der Waals surface area contributed by atoms with E-state index < -0.39 is 0 Å². The molecule has 1 saturated heterocycles. The van der Waals surface area contributed by atoms with Gasteiger partial charge in [0.25, 0.3) is 5.91 Å². The fraction of sp³-hybridized carbons (Fsp3) is 0.273. The first-order valence-corrected chi connectivity index (χ1v) is 9.48. The van der Waals surface area contributed by atoms with Crippen molar-refractivity contribution in [1.82, 2.24) is 14.7 Å². The molecular formula is C22H24N4O2. The Balaban J connectivity index is 1.77. The molecule has 0 saturated carbocycles. The minimum atomic E-state index is -0.00375. The van der Waals surface area contributed by atoms with Gasteiger partial charge in [-0.1, -0.05) is 30.3 Å². The Labute approximate surface area is 164 Å². The molecule has 0 aliphatic carbocycles. The van der Waals surface area contributed by atoms with E-state index in [1.165, 1.54) is 0 Å². The van der Waals surface area contributed by atoms with Gasteiger partial charge in [0.15, 0.2) is 0 Å². The molecule has 28 heavy (non-hydrogen) atoms. The predicted molar refractivity (Wildman–Crippen MR) is 109 cm³/mol. The Bertz CT molecular complexity index is 968. The van der Waals surface area contributed by atoms with E-state index in [0.29, 0.717) is 30.3 Å². The summed E-state index contributed by atoms with van der Waals surface area (Å²) in [5.41, 5.74) is 8.81. The lowest BCUT2D eigenvalue weighted by Crippen LogP contribution is -2.30. The average Bonchev–Trinajstić information content (AvgIpc) is 3.41. The lowest BCUT2D eigenvalue weighted by molar-refractivity contribution is 0.0788. The normalized spacial score (nSPS) is 16.4. The van der Waals surface area contributed by atoms with Crippen molar-refractivity contribution in [3.05, 3.63) is 66.4 Å². The fourth-order valence-corrected chi connectivity index (χ4v) is 3.61. The number of hydrogen-bond donors (Lipinski definition) is 1. The van der Waals surface area contributed by atoms with Crippen molar-refractivity contribution in [3.8, 4) is 22.7 Å². The largest absolute Gasteiger partial charge is 0.497 e. The molecule has 2 N–H and O–H groups in total. The molecule has 6 heteroatoms. The highest BCUT2D eigenvalue weighted by Gasteiger charge is 2.29. The summed E-state index contributed by atoms with van der Waals surface area (Å²) in [5.74, 6) is 1.10. The zero-order valence-electron chi connectivity index (χ0n) is 15.9. The molecule has 1 fully saturated rings. The quantitative estimate of drug-likeness (QED) is 0.743. The molecular weight excluding hydrogens is 352 g/mol. The van der Waals surface area contributed by atoms with Crippen LogP contribution in [0.15, 0.2) is 60.8 Å². The highest BCUT2D eigenvalue weighted by atomic mass is 16.5. The number of ether oxygens (including phenoxy) is 1. The van der Waals surface area contributed by atoms with E-state index in [1.54, 1.807) is 11.8 Å². The first kappa shape index (κ1) is 18.3. The third kappa shape index (κ3) is 3.51. The maximum Gasteiger partial charge on any atom is 0.257 e. The van der Waals surface area contributed by atoms with E-state index in [9.17, 15) is 4.79 Å². The minimum Gasteiger partial charge on any atom is -0.497 e. The Hall–Kier alpha value is -3.12. The molecule has 1 atom stereocenters. The lowest BCUT2D eigenvalue weighted by Gasteiger charge is -2.16. The fourth-order valence-electron chi connectivity index (χ4n) is 3.61. The van der Waals surface area contributed by atoms with Crippen LogP contribution in [0.1, 0.15) is 16.8 Å². The summed E-state index contributed by atoms with van der Waals surface area (Å²) in [6, 6.07) is 17.4. The number of carbonyl (C=O) groups excluding carboxylic acids is 1. The number of likely N-dealkylation sites (tertiary alicyclic amines) is 1. The van der Waals surface area contributed by atoms with Gasteiger partial charge in [-0.15, -0.1) is 0 Å². The van der Waals surface area contributed by atoms with Crippen molar-refractivity contribution >= 4 is 5.91 Å². The molecule has 4 rings (SSSR count). The van der Waals surface area contributed by atoms with Crippen molar-refractivity contribution in [2.45, 2.75) is 6.42 Å². The number of nitrogens with zero attached hydrogens (tertiary/aromatic N) is 3. The Morgan fingerprint density at radius 2 is 2.04 bits per heavy atom. The molecule has 2 heterocycles. The molecule has 1 aromatic heterocycles. The molecule has 1 amide bonds. The number of rotatable bonds is 5. The van der Waals surface area contributed by atoms with Crippen LogP contribution in [-0.4, -0.2) is 47.3 Å². The van der Waals surface area contributed by atoms with Crippen LogP contribution in [-0.2, 0) is 0 Å². The average molecular weight is 376 g/mol. The first-order chi connectivity index (χ1) is 13.7. The van der Waals surface area contributed by atoms with Crippen LogP contribution >= 0.6 is 0 Å². The van der Waals surface area contributed by atoms with Crippen LogP contribution in [0.4, 0.5) is 0 Å². The topological polar surface area (TPSA) is 73.4 Å². The van der Waals surface area contributed by atoms with Crippen LogP contribution in [0.2, 0.25) is 0 Å². The number of nitrogens with two attached hydrogens (primary N) is 1. The van der Waals surface area contributed by atoms with Crippen LogP contribution in [0.5, 0.6) is 5.75 Å². The second-order valence-corrected chi connectivity index (χ2v) is 7.05. The van der Waals surface area contributed by atoms with E-state index in [-0.39, 0.29) is 5.91 Å². The lowest BCUT2D eigenvalue weighted by atomic mass is 10.1. The number of carbonyl (C=O) groups is 1. The van der Waals surface area contributed by atoms with Crippen molar-refractivity contribution in [3.63, 3.8) is 0 Å². The highest BCUT2D eigenvalue weighted by Crippen LogP contribution is 2.29. The zero-order chi connectivity index (χ0) is 19.5. The van der Waals surface area contributed by atoms with E-state index in [1.807, 2.05) is 65.7 Å². The predicted octanol–water partition coefficient (Wildman–Crippen LogP) is 2.97. The number of para-hydroxylation sites is 1. The van der Waals surface area contributed by atoms with Gasteiger partial charge in [-0.25, -0.2) is 4.68 Å². The second kappa shape index (κ2) is 7.86. The summed E-state index contributed by atoms with van der Waals surface area (Å²) in [4.78, 5) is 15.2. The summed E-state index contributed by atoms with van der Waals surface area (Å²) < 4.78 is 7.12.